The first-order valence-corrected chi connectivity index (χ1v) is 6.89. The van der Waals surface area contributed by atoms with E-state index in [1.807, 2.05) is 24.3 Å². The minimum atomic E-state index is 0.406. The SMILES string of the molecule is COCc1nccc(NCc2ccc(OC)c(Br)c2)n1. The number of hydrogen-bond donors (Lipinski definition) is 1. The Balaban J connectivity index is 2.01. The molecular formula is C14H16BrN3O2. The Morgan fingerprint density at radius 3 is 2.80 bits per heavy atom. The van der Waals surface area contributed by atoms with Crippen LogP contribution in [0.3, 0.4) is 0 Å². The van der Waals surface area contributed by atoms with Crippen molar-refractivity contribution in [3.8, 4) is 5.75 Å². The van der Waals surface area contributed by atoms with Crippen LogP contribution in [-0.2, 0) is 17.9 Å². The summed E-state index contributed by atoms with van der Waals surface area (Å²) in [5.74, 6) is 2.26. The lowest BCUT2D eigenvalue weighted by Crippen LogP contribution is -2.04. The number of anilines is 1. The van der Waals surface area contributed by atoms with Crippen LogP contribution in [0.15, 0.2) is 34.9 Å². The molecule has 106 valence electrons. The first-order chi connectivity index (χ1) is 9.72. The zero-order valence-corrected chi connectivity index (χ0v) is 13.0. The number of aromatic nitrogens is 2. The van der Waals surface area contributed by atoms with Crippen molar-refractivity contribution in [2.75, 3.05) is 19.5 Å². The van der Waals surface area contributed by atoms with Gasteiger partial charge in [-0.25, -0.2) is 9.97 Å². The Hall–Kier alpha value is -1.66. The Kier molecular flexibility index (Phi) is 5.31. The van der Waals surface area contributed by atoms with Gasteiger partial charge in [-0.15, -0.1) is 0 Å². The molecule has 0 radical (unpaired) electrons. The van der Waals surface area contributed by atoms with E-state index < -0.39 is 0 Å². The zero-order chi connectivity index (χ0) is 14.4. The van der Waals surface area contributed by atoms with Gasteiger partial charge < -0.3 is 14.8 Å². The van der Waals surface area contributed by atoms with Crippen molar-refractivity contribution >= 4 is 21.7 Å². The van der Waals surface area contributed by atoms with Crippen LogP contribution in [-0.4, -0.2) is 24.2 Å². The molecule has 0 saturated heterocycles. The molecule has 0 fully saturated rings. The molecule has 0 amide bonds. The summed E-state index contributed by atoms with van der Waals surface area (Å²) in [7, 11) is 3.27. The molecule has 0 bridgehead atoms. The van der Waals surface area contributed by atoms with E-state index in [0.717, 1.165) is 21.6 Å². The molecule has 0 aliphatic rings. The third kappa shape index (κ3) is 3.91. The van der Waals surface area contributed by atoms with Gasteiger partial charge in [0.1, 0.15) is 18.2 Å². The molecule has 5 nitrogen and oxygen atoms in total. The van der Waals surface area contributed by atoms with Crippen LogP contribution in [0.4, 0.5) is 5.82 Å². The van der Waals surface area contributed by atoms with Crippen molar-refractivity contribution in [1.82, 2.24) is 9.97 Å². The molecule has 0 unspecified atom stereocenters. The number of benzene rings is 1. The molecular weight excluding hydrogens is 322 g/mol. The number of nitrogens with zero attached hydrogens (tertiary/aromatic N) is 2. The van der Waals surface area contributed by atoms with Crippen molar-refractivity contribution in [2.24, 2.45) is 0 Å². The van der Waals surface area contributed by atoms with E-state index in [0.29, 0.717) is 19.0 Å². The minimum Gasteiger partial charge on any atom is -0.496 e. The van der Waals surface area contributed by atoms with E-state index in [4.69, 9.17) is 9.47 Å². The highest BCUT2D eigenvalue weighted by Crippen LogP contribution is 2.25. The lowest BCUT2D eigenvalue weighted by Gasteiger charge is -2.09. The van der Waals surface area contributed by atoms with Crippen molar-refractivity contribution in [3.63, 3.8) is 0 Å². The van der Waals surface area contributed by atoms with Crippen LogP contribution in [0.25, 0.3) is 0 Å². The number of halogens is 1. The maximum Gasteiger partial charge on any atom is 0.156 e. The maximum absolute atomic E-state index is 5.20. The van der Waals surface area contributed by atoms with Crippen molar-refractivity contribution < 1.29 is 9.47 Å². The van der Waals surface area contributed by atoms with E-state index in [1.165, 1.54) is 0 Å². The van der Waals surface area contributed by atoms with Gasteiger partial charge >= 0.3 is 0 Å². The molecule has 0 atom stereocenters. The fraction of sp³-hybridized carbons (Fsp3) is 0.286. The van der Waals surface area contributed by atoms with Gasteiger partial charge in [-0.05, 0) is 39.7 Å². The summed E-state index contributed by atoms with van der Waals surface area (Å²) in [4.78, 5) is 8.47. The van der Waals surface area contributed by atoms with Crippen molar-refractivity contribution in [2.45, 2.75) is 13.2 Å². The monoisotopic (exact) mass is 337 g/mol. The molecule has 1 N–H and O–H groups in total. The van der Waals surface area contributed by atoms with Gasteiger partial charge in [-0.3, -0.25) is 0 Å². The smallest absolute Gasteiger partial charge is 0.156 e. The van der Waals surface area contributed by atoms with Gasteiger partial charge in [0.05, 0.1) is 11.6 Å². The largest absolute Gasteiger partial charge is 0.496 e. The minimum absolute atomic E-state index is 0.406. The van der Waals surface area contributed by atoms with Crippen molar-refractivity contribution in [3.05, 3.63) is 46.3 Å². The maximum atomic E-state index is 5.20. The lowest BCUT2D eigenvalue weighted by molar-refractivity contribution is 0.178. The number of rotatable bonds is 6. The molecule has 0 aliphatic heterocycles. The van der Waals surface area contributed by atoms with E-state index in [9.17, 15) is 0 Å². The Morgan fingerprint density at radius 1 is 1.25 bits per heavy atom. The molecule has 1 aromatic heterocycles. The topological polar surface area (TPSA) is 56.3 Å². The predicted octanol–water partition coefficient (Wildman–Crippen LogP) is 3.01. The quantitative estimate of drug-likeness (QED) is 0.878. The van der Waals surface area contributed by atoms with E-state index >= 15 is 0 Å². The molecule has 0 aliphatic carbocycles. The second kappa shape index (κ2) is 7.21. The van der Waals surface area contributed by atoms with Gasteiger partial charge in [-0.1, -0.05) is 6.07 Å². The summed E-state index contributed by atoms with van der Waals surface area (Å²) in [6.07, 6.45) is 1.72. The Bertz CT molecular complexity index is 578. The normalized spacial score (nSPS) is 10.3. The predicted molar refractivity (Wildman–Crippen MR) is 80.8 cm³/mol. The molecule has 0 spiro atoms. The molecule has 20 heavy (non-hydrogen) atoms. The van der Waals surface area contributed by atoms with E-state index in [2.05, 4.69) is 31.2 Å². The van der Waals surface area contributed by atoms with Crippen LogP contribution in [0.2, 0.25) is 0 Å². The highest BCUT2D eigenvalue weighted by atomic mass is 79.9. The van der Waals surface area contributed by atoms with Gasteiger partial charge in [0.25, 0.3) is 0 Å². The van der Waals surface area contributed by atoms with Crippen molar-refractivity contribution in [1.29, 1.82) is 0 Å². The lowest BCUT2D eigenvalue weighted by atomic mass is 10.2. The summed E-state index contributed by atoms with van der Waals surface area (Å²) in [6, 6.07) is 7.78. The Labute approximate surface area is 126 Å². The van der Waals surface area contributed by atoms with Gasteiger partial charge in [0, 0.05) is 19.9 Å². The van der Waals surface area contributed by atoms with Crippen LogP contribution in [0.1, 0.15) is 11.4 Å². The standard InChI is InChI=1S/C14H16BrN3O2/c1-19-9-14-16-6-5-13(18-14)17-8-10-3-4-12(20-2)11(15)7-10/h3-7H,8-9H2,1-2H3,(H,16,17,18). The van der Waals surface area contributed by atoms with Gasteiger partial charge in [0.15, 0.2) is 5.82 Å². The average Bonchev–Trinajstić information content (AvgIpc) is 2.46. The molecule has 2 rings (SSSR count). The highest BCUT2D eigenvalue weighted by Gasteiger charge is 2.03. The molecule has 1 aromatic carbocycles. The van der Waals surface area contributed by atoms with Crippen LogP contribution >= 0.6 is 15.9 Å². The number of nitrogens with one attached hydrogen (secondary N) is 1. The third-order valence-corrected chi connectivity index (χ3v) is 3.29. The first kappa shape index (κ1) is 14.7. The fourth-order valence-corrected chi connectivity index (χ4v) is 2.30. The van der Waals surface area contributed by atoms with Crippen LogP contribution in [0, 0.1) is 0 Å². The van der Waals surface area contributed by atoms with Gasteiger partial charge in [-0.2, -0.15) is 0 Å². The van der Waals surface area contributed by atoms with E-state index in [1.54, 1.807) is 20.4 Å². The number of ether oxygens (including phenoxy) is 2. The Morgan fingerprint density at radius 2 is 2.10 bits per heavy atom. The fourth-order valence-electron chi connectivity index (χ4n) is 1.71. The first-order valence-electron chi connectivity index (χ1n) is 6.10. The summed E-state index contributed by atoms with van der Waals surface area (Å²) in [5.41, 5.74) is 1.13. The average molecular weight is 338 g/mol. The number of methoxy groups -OCH3 is 2. The second-order valence-electron chi connectivity index (χ2n) is 4.11. The molecule has 2 aromatic rings. The third-order valence-electron chi connectivity index (χ3n) is 2.67. The summed E-state index contributed by atoms with van der Waals surface area (Å²) in [6.45, 7) is 1.08. The van der Waals surface area contributed by atoms with E-state index in [-0.39, 0.29) is 0 Å². The van der Waals surface area contributed by atoms with Crippen LogP contribution in [0.5, 0.6) is 5.75 Å². The summed E-state index contributed by atoms with van der Waals surface area (Å²) >= 11 is 3.47. The zero-order valence-electron chi connectivity index (χ0n) is 11.4. The highest BCUT2D eigenvalue weighted by molar-refractivity contribution is 9.10. The molecule has 6 heteroatoms. The molecule has 0 saturated carbocycles. The summed E-state index contributed by atoms with van der Waals surface area (Å²) in [5, 5.41) is 3.26. The van der Waals surface area contributed by atoms with Crippen LogP contribution < -0.4 is 10.1 Å². The molecule has 1 heterocycles. The summed E-state index contributed by atoms with van der Waals surface area (Å²) < 4.78 is 11.2. The second-order valence-corrected chi connectivity index (χ2v) is 4.97. The van der Waals surface area contributed by atoms with Gasteiger partial charge in [0.2, 0.25) is 0 Å². The number of hydrogen-bond acceptors (Lipinski definition) is 5.